The van der Waals surface area contributed by atoms with E-state index in [1.54, 1.807) is 30.3 Å². The fraction of sp³-hybridized carbons (Fsp3) is 0.156. The number of ether oxygens (including phenoxy) is 1. The SMILES string of the molecule is O=C(OCc1ccc(Cl)c(Cl)c1)c1ccc(N2C(=O)[C@H]3[C@H](C2=O)C2(Cl)c4ccccc4C3(Cl)c3ccccc32)cc1. The molecule has 2 atom stereocenters. The predicted molar refractivity (Wildman–Crippen MR) is 158 cm³/mol. The summed E-state index contributed by atoms with van der Waals surface area (Å²) in [4.78, 5) is 39.5. The largest absolute Gasteiger partial charge is 0.457 e. The highest BCUT2D eigenvalue weighted by atomic mass is 35.5. The van der Waals surface area contributed by atoms with Crippen molar-refractivity contribution < 1.29 is 19.1 Å². The van der Waals surface area contributed by atoms with E-state index in [0.29, 0.717) is 21.3 Å². The van der Waals surface area contributed by atoms with Crippen LogP contribution >= 0.6 is 46.4 Å². The number of nitrogens with zero attached hydrogens (tertiary/aromatic N) is 1. The molecule has 4 aromatic carbocycles. The van der Waals surface area contributed by atoms with Gasteiger partial charge in [-0.1, -0.05) is 77.8 Å². The van der Waals surface area contributed by atoms with Crippen molar-refractivity contribution in [3.8, 4) is 0 Å². The maximum Gasteiger partial charge on any atom is 0.338 e. The van der Waals surface area contributed by atoms with Crippen molar-refractivity contribution in [3.63, 3.8) is 0 Å². The van der Waals surface area contributed by atoms with E-state index in [1.165, 1.54) is 12.1 Å². The zero-order valence-corrected chi connectivity index (χ0v) is 24.1. The first kappa shape index (κ1) is 26.5. The van der Waals surface area contributed by atoms with Crippen LogP contribution in [0.15, 0.2) is 91.0 Å². The van der Waals surface area contributed by atoms with Crippen molar-refractivity contribution in [1.29, 1.82) is 0 Å². The number of esters is 1. The maximum atomic E-state index is 14.1. The average molecular weight is 623 g/mol. The van der Waals surface area contributed by atoms with Crippen molar-refractivity contribution in [2.24, 2.45) is 11.8 Å². The normalized spacial score (nSPS) is 25.5. The molecule has 0 saturated carbocycles. The number of alkyl halides is 2. The first-order valence-corrected chi connectivity index (χ1v) is 14.3. The summed E-state index contributed by atoms with van der Waals surface area (Å²) in [5, 5.41) is 0.770. The first-order chi connectivity index (χ1) is 19.7. The third-order valence-electron chi connectivity index (χ3n) is 8.30. The molecule has 2 bridgehead atoms. The molecule has 41 heavy (non-hydrogen) atoms. The summed E-state index contributed by atoms with van der Waals surface area (Å²) in [6.07, 6.45) is 0. The van der Waals surface area contributed by atoms with Crippen molar-refractivity contribution in [2.45, 2.75) is 16.4 Å². The number of imide groups is 1. The molecule has 204 valence electrons. The second-order valence-electron chi connectivity index (χ2n) is 10.4. The van der Waals surface area contributed by atoms with Gasteiger partial charge in [-0.05, 0) is 64.2 Å². The van der Waals surface area contributed by atoms with Gasteiger partial charge in [0.05, 0.1) is 33.1 Å². The Morgan fingerprint density at radius 3 is 1.66 bits per heavy atom. The average Bonchev–Trinajstić information content (AvgIpc) is 3.27. The minimum Gasteiger partial charge on any atom is -0.457 e. The Morgan fingerprint density at radius 1 is 0.707 bits per heavy atom. The number of rotatable bonds is 4. The van der Waals surface area contributed by atoms with Gasteiger partial charge in [-0.3, -0.25) is 9.59 Å². The Hall–Kier alpha value is -3.35. The van der Waals surface area contributed by atoms with Crippen molar-refractivity contribution in [3.05, 3.63) is 134 Å². The fourth-order valence-corrected chi connectivity index (χ4v) is 7.95. The number of halogens is 4. The van der Waals surface area contributed by atoms with Crippen LogP contribution in [0.4, 0.5) is 5.69 Å². The molecule has 8 rings (SSSR count). The monoisotopic (exact) mass is 621 g/mol. The van der Waals surface area contributed by atoms with E-state index in [-0.39, 0.29) is 12.2 Å². The summed E-state index contributed by atoms with van der Waals surface area (Å²) >= 11 is 26.9. The van der Waals surface area contributed by atoms with Gasteiger partial charge in [0.2, 0.25) is 11.8 Å². The second kappa shape index (κ2) is 9.33. The van der Waals surface area contributed by atoms with Gasteiger partial charge in [0, 0.05) is 0 Å². The summed E-state index contributed by atoms with van der Waals surface area (Å²) in [5.41, 5.74) is 4.21. The third kappa shape index (κ3) is 3.59. The van der Waals surface area contributed by atoms with Crippen LogP contribution in [0.2, 0.25) is 10.0 Å². The summed E-state index contributed by atoms with van der Waals surface area (Å²) in [7, 11) is 0. The fourth-order valence-electron chi connectivity index (χ4n) is 6.53. The van der Waals surface area contributed by atoms with E-state index in [1.807, 2.05) is 48.5 Å². The minimum absolute atomic E-state index is 0.000654. The van der Waals surface area contributed by atoms with E-state index in [4.69, 9.17) is 51.1 Å². The molecule has 0 spiro atoms. The van der Waals surface area contributed by atoms with E-state index < -0.39 is 39.4 Å². The zero-order valence-electron chi connectivity index (χ0n) is 21.1. The van der Waals surface area contributed by atoms with Crippen molar-refractivity contribution in [2.75, 3.05) is 4.90 Å². The lowest BCUT2D eigenvalue weighted by molar-refractivity contribution is -0.122. The van der Waals surface area contributed by atoms with Crippen LogP contribution < -0.4 is 4.90 Å². The van der Waals surface area contributed by atoms with Gasteiger partial charge in [-0.15, -0.1) is 23.2 Å². The van der Waals surface area contributed by atoms with Gasteiger partial charge in [-0.2, -0.15) is 0 Å². The number of anilines is 1. The van der Waals surface area contributed by atoms with Gasteiger partial charge in [0.1, 0.15) is 16.4 Å². The summed E-state index contributed by atoms with van der Waals surface area (Å²) in [5.74, 6) is -3.25. The quantitative estimate of drug-likeness (QED) is 0.135. The lowest BCUT2D eigenvalue weighted by Crippen LogP contribution is -2.57. The molecule has 0 aromatic heterocycles. The zero-order chi connectivity index (χ0) is 28.7. The number of carbonyl (C=O) groups excluding carboxylic acids is 3. The molecule has 4 aliphatic rings. The standard InChI is InChI=1S/C32H19Cl4NO4/c33-24-14-9-17(15-25(24)34)16-41-30(40)18-10-12-19(13-11-18)37-28(38)26-27(29(37)39)32(36)21-6-2-1-5-20(21)31(26,35)22-7-3-4-8-23(22)32/h1-15,26-27H,16H2/t26-,27-,31?,32?/m1/s1. The Labute approximate surface area is 255 Å². The number of benzene rings is 4. The van der Waals surface area contributed by atoms with Crippen LogP contribution in [-0.4, -0.2) is 17.8 Å². The van der Waals surface area contributed by atoms with Gasteiger partial charge >= 0.3 is 5.97 Å². The van der Waals surface area contributed by atoms with Crippen LogP contribution in [0.5, 0.6) is 0 Å². The van der Waals surface area contributed by atoms with Crippen molar-refractivity contribution >= 4 is 69.9 Å². The van der Waals surface area contributed by atoms with E-state index in [0.717, 1.165) is 27.2 Å². The highest BCUT2D eigenvalue weighted by molar-refractivity contribution is 6.42. The molecule has 1 saturated heterocycles. The molecule has 4 aromatic rings. The van der Waals surface area contributed by atoms with Gasteiger partial charge in [-0.25, -0.2) is 9.69 Å². The summed E-state index contributed by atoms with van der Waals surface area (Å²) in [6.45, 7) is 0.000654. The molecule has 1 aliphatic heterocycles. The topological polar surface area (TPSA) is 63.7 Å². The molecule has 1 fully saturated rings. The minimum atomic E-state index is -1.26. The molecule has 1 heterocycles. The highest BCUT2D eigenvalue weighted by Crippen LogP contribution is 2.69. The number of hydrogen-bond acceptors (Lipinski definition) is 4. The predicted octanol–water partition coefficient (Wildman–Crippen LogP) is 7.45. The highest BCUT2D eigenvalue weighted by Gasteiger charge is 2.73. The molecular weight excluding hydrogens is 604 g/mol. The molecule has 9 heteroatoms. The molecule has 5 nitrogen and oxygen atoms in total. The van der Waals surface area contributed by atoms with Crippen LogP contribution in [0.3, 0.4) is 0 Å². The van der Waals surface area contributed by atoms with Crippen LogP contribution in [0.1, 0.15) is 38.2 Å². The Kier molecular flexibility index (Phi) is 6.04. The van der Waals surface area contributed by atoms with E-state index in [2.05, 4.69) is 0 Å². The molecule has 2 amide bonds. The Bertz CT molecular complexity index is 1670. The van der Waals surface area contributed by atoms with Gasteiger partial charge < -0.3 is 4.74 Å². The van der Waals surface area contributed by atoms with Gasteiger partial charge in [0.25, 0.3) is 0 Å². The lowest BCUT2D eigenvalue weighted by Gasteiger charge is -2.54. The second-order valence-corrected chi connectivity index (χ2v) is 12.4. The Morgan fingerprint density at radius 2 is 1.20 bits per heavy atom. The summed E-state index contributed by atoms with van der Waals surface area (Å²) < 4.78 is 5.41. The molecule has 0 N–H and O–H groups in total. The Balaban J connectivity index is 1.21. The summed E-state index contributed by atoms with van der Waals surface area (Å²) in [6, 6.07) is 26.1. The van der Waals surface area contributed by atoms with Crippen molar-refractivity contribution in [1.82, 2.24) is 0 Å². The number of amides is 2. The number of hydrogen-bond donors (Lipinski definition) is 0. The smallest absolute Gasteiger partial charge is 0.338 e. The van der Waals surface area contributed by atoms with E-state index in [9.17, 15) is 14.4 Å². The molecule has 3 aliphatic carbocycles. The van der Waals surface area contributed by atoms with E-state index >= 15 is 0 Å². The molecular formula is C32H19Cl4NO4. The number of carbonyl (C=O) groups is 3. The van der Waals surface area contributed by atoms with Crippen LogP contribution in [-0.2, 0) is 30.7 Å². The molecule has 0 unspecified atom stereocenters. The third-order valence-corrected chi connectivity index (χ3v) is 10.3. The van der Waals surface area contributed by atoms with Crippen LogP contribution in [0.25, 0.3) is 0 Å². The van der Waals surface area contributed by atoms with Gasteiger partial charge in [0.15, 0.2) is 0 Å². The van der Waals surface area contributed by atoms with Crippen LogP contribution in [0, 0.1) is 11.8 Å². The molecule has 0 radical (unpaired) electrons. The lowest BCUT2D eigenvalue weighted by atomic mass is 9.54. The maximum absolute atomic E-state index is 14.1. The first-order valence-electron chi connectivity index (χ1n) is 12.8.